The molecule has 1 amide bonds. The van der Waals surface area contributed by atoms with Gasteiger partial charge in [-0.3, -0.25) is 9.69 Å². The van der Waals surface area contributed by atoms with Gasteiger partial charge in [-0.15, -0.1) is 11.3 Å². The largest absolute Gasteiger partial charge is 0.370 e. The van der Waals surface area contributed by atoms with Crippen LogP contribution >= 0.6 is 11.3 Å². The molecule has 0 saturated carbocycles. The summed E-state index contributed by atoms with van der Waals surface area (Å²) in [7, 11) is 0. The highest BCUT2D eigenvalue weighted by Crippen LogP contribution is 2.44. The fourth-order valence-corrected chi connectivity index (χ4v) is 5.08. The van der Waals surface area contributed by atoms with E-state index >= 15 is 0 Å². The number of likely N-dealkylation sites (tertiary alicyclic amines) is 1. The maximum Gasteiger partial charge on any atom is 0.261 e. The van der Waals surface area contributed by atoms with Gasteiger partial charge in [-0.25, -0.2) is 0 Å². The van der Waals surface area contributed by atoms with Crippen LogP contribution in [0.5, 0.6) is 0 Å². The summed E-state index contributed by atoms with van der Waals surface area (Å²) < 4.78 is 11.6. The molecule has 1 spiro atoms. The van der Waals surface area contributed by atoms with Crippen molar-refractivity contribution in [3.63, 3.8) is 0 Å². The molecule has 2 aromatic rings. The number of piperidine rings is 1. The molecule has 0 unspecified atom stereocenters. The molecule has 2 aliphatic heterocycles. The van der Waals surface area contributed by atoms with E-state index in [1.54, 1.807) is 11.3 Å². The molecule has 7 nitrogen and oxygen atoms in total. The minimum Gasteiger partial charge on any atom is -0.370 e. The maximum atomic E-state index is 12.4. The lowest BCUT2D eigenvalue weighted by Crippen LogP contribution is -2.45. The van der Waals surface area contributed by atoms with E-state index in [1.807, 2.05) is 20.8 Å². The lowest BCUT2D eigenvalue weighted by Gasteiger charge is -2.43. The molecule has 1 N–H and O–H groups in total. The zero-order chi connectivity index (χ0) is 19.0. The van der Waals surface area contributed by atoms with Crippen LogP contribution in [0.1, 0.15) is 58.5 Å². The predicted molar refractivity (Wildman–Crippen MR) is 102 cm³/mol. The number of aryl methyl sites for hydroxylation is 1. The second-order valence-corrected chi connectivity index (χ2v) is 8.82. The molecule has 2 aromatic heterocycles. The highest BCUT2D eigenvalue weighted by molar-refractivity contribution is 7.14. The number of hydrogen-bond acceptors (Lipinski definition) is 7. The molecule has 1 fully saturated rings. The topological polar surface area (TPSA) is 80.5 Å². The van der Waals surface area contributed by atoms with Crippen molar-refractivity contribution >= 4 is 17.2 Å². The first-order chi connectivity index (χ1) is 12.9. The van der Waals surface area contributed by atoms with Crippen molar-refractivity contribution in [2.75, 3.05) is 19.7 Å². The summed E-state index contributed by atoms with van der Waals surface area (Å²) in [5.41, 5.74) is 0.961. The average molecular weight is 391 g/mol. The number of nitrogens with zero attached hydrogens (tertiary/aromatic N) is 3. The Kier molecular flexibility index (Phi) is 5.05. The summed E-state index contributed by atoms with van der Waals surface area (Å²) in [5, 5.41) is 6.86. The van der Waals surface area contributed by atoms with E-state index < -0.39 is 0 Å². The van der Waals surface area contributed by atoms with Crippen LogP contribution in [-0.2, 0) is 23.3 Å². The van der Waals surface area contributed by atoms with Crippen LogP contribution in [0.4, 0.5) is 0 Å². The van der Waals surface area contributed by atoms with E-state index in [-0.39, 0.29) is 17.6 Å². The van der Waals surface area contributed by atoms with Gasteiger partial charge in [0, 0.05) is 30.4 Å². The van der Waals surface area contributed by atoms with Crippen LogP contribution < -0.4 is 5.32 Å². The van der Waals surface area contributed by atoms with Crippen LogP contribution in [-0.4, -0.2) is 46.7 Å². The van der Waals surface area contributed by atoms with Crippen LogP contribution in [0, 0.1) is 6.92 Å². The van der Waals surface area contributed by atoms with Gasteiger partial charge < -0.3 is 14.6 Å². The molecule has 4 heterocycles. The van der Waals surface area contributed by atoms with Gasteiger partial charge in [0.1, 0.15) is 0 Å². The molecule has 146 valence electrons. The van der Waals surface area contributed by atoms with E-state index in [2.05, 4.69) is 26.4 Å². The van der Waals surface area contributed by atoms with E-state index in [1.165, 1.54) is 10.4 Å². The van der Waals surface area contributed by atoms with E-state index in [0.717, 1.165) is 43.8 Å². The molecule has 8 heteroatoms. The number of rotatable bonds is 4. The Morgan fingerprint density at radius 1 is 1.41 bits per heavy atom. The van der Waals surface area contributed by atoms with E-state index in [0.29, 0.717) is 18.3 Å². The van der Waals surface area contributed by atoms with Crippen LogP contribution in [0.15, 0.2) is 10.6 Å². The Bertz CT molecular complexity index is 821. The number of nitrogens with one attached hydrogen (secondary N) is 1. The number of ether oxygens (including phenoxy) is 1. The lowest BCUT2D eigenvalue weighted by molar-refractivity contribution is -0.0988. The molecular formula is C19H26N4O3S. The third-order valence-electron chi connectivity index (χ3n) is 5.24. The molecule has 0 aliphatic carbocycles. The highest BCUT2D eigenvalue weighted by atomic mass is 32.1. The van der Waals surface area contributed by atoms with Crippen molar-refractivity contribution < 1.29 is 14.1 Å². The van der Waals surface area contributed by atoms with Gasteiger partial charge in [0.15, 0.2) is 5.82 Å². The summed E-state index contributed by atoms with van der Waals surface area (Å²) in [5.74, 6) is 1.35. The molecule has 4 rings (SSSR count). The Morgan fingerprint density at radius 2 is 2.19 bits per heavy atom. The number of carbonyl (C=O) groups is 1. The second-order valence-electron chi connectivity index (χ2n) is 7.68. The first kappa shape index (κ1) is 18.6. The van der Waals surface area contributed by atoms with Gasteiger partial charge in [0.05, 0.1) is 23.6 Å². The monoisotopic (exact) mass is 390 g/mol. The molecule has 0 aromatic carbocycles. The summed E-state index contributed by atoms with van der Waals surface area (Å²) in [6.45, 7) is 9.01. The van der Waals surface area contributed by atoms with Crippen LogP contribution in [0.25, 0.3) is 0 Å². The normalized spacial score (nSPS) is 19.4. The standard InChI is InChI=1S/C19H26N4O3S/c1-12(2)20-18(24)16-10-14-15(27-16)4-9-25-19(14)5-7-23(8-6-19)11-17-21-13(3)22-26-17/h10,12H,4-9,11H2,1-3H3,(H,20,24). The fourth-order valence-electron chi connectivity index (χ4n) is 3.94. The second kappa shape index (κ2) is 7.33. The summed E-state index contributed by atoms with van der Waals surface area (Å²) in [6.07, 6.45) is 2.71. The number of fused-ring (bicyclic) bond motifs is 2. The van der Waals surface area contributed by atoms with Crippen molar-refractivity contribution in [1.29, 1.82) is 0 Å². The lowest BCUT2D eigenvalue weighted by atomic mass is 9.82. The Hall–Kier alpha value is -1.77. The smallest absolute Gasteiger partial charge is 0.261 e. The van der Waals surface area contributed by atoms with Crippen molar-refractivity contribution in [3.05, 3.63) is 33.1 Å². The molecular weight excluding hydrogens is 364 g/mol. The first-order valence-corrected chi connectivity index (χ1v) is 10.4. The molecule has 0 atom stereocenters. The molecule has 1 saturated heterocycles. The van der Waals surface area contributed by atoms with Gasteiger partial charge in [-0.2, -0.15) is 4.98 Å². The number of amides is 1. The predicted octanol–water partition coefficient (Wildman–Crippen LogP) is 2.64. The molecule has 2 aliphatic rings. The zero-order valence-corrected chi connectivity index (χ0v) is 16.9. The number of thiophene rings is 1. The van der Waals surface area contributed by atoms with Crippen molar-refractivity contribution in [2.45, 2.75) is 58.2 Å². The summed E-state index contributed by atoms with van der Waals surface area (Å²) in [6, 6.07) is 2.20. The van der Waals surface area contributed by atoms with Crippen LogP contribution in [0.3, 0.4) is 0 Å². The van der Waals surface area contributed by atoms with Gasteiger partial charge in [0.25, 0.3) is 5.91 Å². The van der Waals surface area contributed by atoms with Crippen LogP contribution in [0.2, 0.25) is 0 Å². The SMILES string of the molecule is Cc1noc(CN2CCC3(CC2)OCCc2sc(C(=O)NC(C)C)cc23)n1. The summed E-state index contributed by atoms with van der Waals surface area (Å²) in [4.78, 5) is 21.1. The van der Waals surface area contributed by atoms with Gasteiger partial charge >= 0.3 is 0 Å². The van der Waals surface area contributed by atoms with Crippen molar-refractivity contribution in [3.8, 4) is 0 Å². The Morgan fingerprint density at radius 3 is 2.85 bits per heavy atom. The highest BCUT2D eigenvalue weighted by Gasteiger charge is 2.42. The summed E-state index contributed by atoms with van der Waals surface area (Å²) >= 11 is 1.62. The number of aromatic nitrogens is 2. The van der Waals surface area contributed by atoms with Crippen molar-refractivity contribution in [1.82, 2.24) is 20.4 Å². The number of carbonyl (C=O) groups excluding carboxylic acids is 1. The fraction of sp³-hybridized carbons (Fsp3) is 0.632. The quantitative estimate of drug-likeness (QED) is 0.864. The third-order valence-corrected chi connectivity index (χ3v) is 6.44. The average Bonchev–Trinajstić information content (AvgIpc) is 3.24. The first-order valence-electron chi connectivity index (χ1n) is 9.55. The third kappa shape index (κ3) is 3.79. The van der Waals surface area contributed by atoms with E-state index in [4.69, 9.17) is 9.26 Å². The van der Waals surface area contributed by atoms with Gasteiger partial charge in [-0.1, -0.05) is 5.16 Å². The van der Waals surface area contributed by atoms with Crippen molar-refractivity contribution in [2.24, 2.45) is 0 Å². The minimum absolute atomic E-state index is 0.0174. The maximum absolute atomic E-state index is 12.4. The molecule has 27 heavy (non-hydrogen) atoms. The van der Waals surface area contributed by atoms with Gasteiger partial charge in [0.2, 0.25) is 5.89 Å². The number of hydrogen-bond donors (Lipinski definition) is 1. The van der Waals surface area contributed by atoms with Gasteiger partial charge in [-0.05, 0) is 45.2 Å². The Balaban J connectivity index is 1.47. The molecule has 0 radical (unpaired) electrons. The zero-order valence-electron chi connectivity index (χ0n) is 16.1. The Labute approximate surface area is 163 Å². The molecule has 0 bridgehead atoms. The minimum atomic E-state index is -0.262. The van der Waals surface area contributed by atoms with E-state index in [9.17, 15) is 4.79 Å².